The van der Waals surface area contributed by atoms with E-state index in [1.165, 1.54) is 25.9 Å². The third-order valence-electron chi connectivity index (χ3n) is 3.22. The van der Waals surface area contributed by atoms with Crippen LogP contribution in [-0.2, 0) is 9.53 Å². The Kier molecular flexibility index (Phi) is 7.44. The lowest BCUT2D eigenvalue weighted by Gasteiger charge is -2.22. The number of hydrogen-bond acceptors (Lipinski definition) is 3. The van der Waals surface area contributed by atoms with E-state index in [1.54, 1.807) is 45.0 Å². The van der Waals surface area contributed by atoms with Gasteiger partial charge in [0.05, 0.1) is 7.85 Å². The Morgan fingerprint density at radius 1 is 1.23 bits per heavy atom. The SMILES string of the molecule is CN1CCCC1.[B][C@@H](C(=O)OC(C)(C)C)c1ccc(Cl)cc1. The molecule has 1 aromatic carbocycles. The molecule has 1 fully saturated rings. The summed E-state index contributed by atoms with van der Waals surface area (Å²) in [5.74, 6) is -1.20. The fourth-order valence-corrected chi connectivity index (χ4v) is 2.17. The Bertz CT molecular complexity index is 465. The van der Waals surface area contributed by atoms with Crippen molar-refractivity contribution in [2.75, 3.05) is 20.1 Å². The minimum Gasteiger partial charge on any atom is -0.460 e. The number of likely N-dealkylation sites (tertiary alicyclic amines) is 1. The van der Waals surface area contributed by atoms with E-state index in [0.29, 0.717) is 10.6 Å². The van der Waals surface area contributed by atoms with Gasteiger partial charge in [0.25, 0.3) is 0 Å². The van der Waals surface area contributed by atoms with E-state index in [0.717, 1.165) is 0 Å². The first-order valence-electron chi connectivity index (χ1n) is 7.61. The summed E-state index contributed by atoms with van der Waals surface area (Å²) in [4.78, 5) is 14.0. The highest BCUT2D eigenvalue weighted by molar-refractivity contribution is 6.30. The number of ether oxygens (including phenoxy) is 1. The van der Waals surface area contributed by atoms with Crippen LogP contribution >= 0.6 is 11.6 Å². The zero-order chi connectivity index (χ0) is 16.8. The molecule has 1 saturated heterocycles. The first-order chi connectivity index (χ1) is 10.2. The van der Waals surface area contributed by atoms with Crippen LogP contribution in [0.25, 0.3) is 0 Å². The monoisotopic (exact) mass is 321 g/mol. The normalized spacial score (nSPS) is 16.6. The number of hydrogen-bond donors (Lipinski definition) is 0. The minimum absolute atomic E-state index is 0.435. The molecule has 0 saturated carbocycles. The number of benzene rings is 1. The third kappa shape index (κ3) is 7.32. The van der Waals surface area contributed by atoms with Gasteiger partial charge in [-0.2, -0.15) is 0 Å². The van der Waals surface area contributed by atoms with Crippen molar-refractivity contribution in [2.24, 2.45) is 0 Å². The molecule has 1 aliphatic rings. The van der Waals surface area contributed by atoms with Crippen LogP contribution in [0.5, 0.6) is 0 Å². The molecular formula is C17H25BClNO2. The predicted octanol–water partition coefficient (Wildman–Crippen LogP) is 3.60. The van der Waals surface area contributed by atoms with Gasteiger partial charge in [0.1, 0.15) is 5.60 Å². The standard InChI is InChI=1S/C12H14BClO2.C5H11N/c1-12(2,3)16-11(15)10(13)8-4-6-9(14)7-5-8;1-6-4-2-3-5-6/h4-7,10H,1-3H3;2-5H2,1H3/t10-;/m1./s1. The largest absolute Gasteiger partial charge is 0.460 e. The lowest BCUT2D eigenvalue weighted by atomic mass is 9.81. The summed E-state index contributed by atoms with van der Waals surface area (Å²) in [5, 5.41) is 0.611. The summed E-state index contributed by atoms with van der Waals surface area (Å²) in [6.45, 7) is 8.05. The van der Waals surface area contributed by atoms with Crippen LogP contribution in [0.4, 0.5) is 0 Å². The number of nitrogens with zero attached hydrogens (tertiary/aromatic N) is 1. The predicted molar refractivity (Wildman–Crippen MR) is 92.5 cm³/mol. The average Bonchev–Trinajstić information content (AvgIpc) is 2.89. The minimum atomic E-state index is -0.767. The fraction of sp³-hybridized carbons (Fsp3) is 0.588. The maximum Gasteiger partial charge on any atom is 0.304 e. The van der Waals surface area contributed by atoms with Gasteiger partial charge in [-0.1, -0.05) is 23.7 Å². The summed E-state index contributed by atoms with van der Waals surface area (Å²) in [7, 11) is 7.95. The van der Waals surface area contributed by atoms with Crippen LogP contribution in [0.1, 0.15) is 45.0 Å². The van der Waals surface area contributed by atoms with E-state index in [4.69, 9.17) is 24.2 Å². The van der Waals surface area contributed by atoms with Crippen LogP contribution in [0.2, 0.25) is 5.02 Å². The van der Waals surface area contributed by atoms with Gasteiger partial charge in [0, 0.05) is 10.8 Å². The molecule has 1 aromatic rings. The Labute approximate surface area is 140 Å². The molecule has 1 heterocycles. The topological polar surface area (TPSA) is 29.5 Å². The van der Waals surface area contributed by atoms with Crippen molar-refractivity contribution in [3.05, 3.63) is 34.9 Å². The first kappa shape index (κ1) is 19.1. The summed E-state index contributed by atoms with van der Waals surface area (Å²) in [5.41, 5.74) is 0.167. The Hall–Kier alpha value is -0.995. The van der Waals surface area contributed by atoms with Crippen LogP contribution in [0.3, 0.4) is 0 Å². The Morgan fingerprint density at radius 3 is 2.09 bits per heavy atom. The second-order valence-corrected chi connectivity index (χ2v) is 7.01. The number of rotatable bonds is 2. The van der Waals surface area contributed by atoms with E-state index in [9.17, 15) is 4.79 Å². The van der Waals surface area contributed by atoms with Crippen molar-refractivity contribution >= 4 is 25.4 Å². The molecule has 2 radical (unpaired) electrons. The molecule has 0 amide bonds. The second kappa shape index (κ2) is 8.59. The molecule has 0 bridgehead atoms. The molecule has 5 heteroatoms. The number of carbonyl (C=O) groups excluding carboxylic acids is 1. The number of carbonyl (C=O) groups is 1. The van der Waals surface area contributed by atoms with Gasteiger partial charge in [-0.25, -0.2) is 0 Å². The van der Waals surface area contributed by atoms with Crippen LogP contribution in [0.15, 0.2) is 24.3 Å². The first-order valence-corrected chi connectivity index (χ1v) is 7.99. The van der Waals surface area contributed by atoms with E-state index < -0.39 is 17.4 Å². The molecule has 1 atom stereocenters. The molecule has 0 unspecified atom stereocenters. The van der Waals surface area contributed by atoms with Crippen molar-refractivity contribution in [3.63, 3.8) is 0 Å². The van der Waals surface area contributed by atoms with Crippen LogP contribution < -0.4 is 0 Å². The lowest BCUT2D eigenvalue weighted by molar-refractivity contribution is -0.154. The van der Waals surface area contributed by atoms with Gasteiger partial charge < -0.3 is 9.64 Å². The quantitative estimate of drug-likeness (QED) is 0.615. The smallest absolute Gasteiger partial charge is 0.304 e. The van der Waals surface area contributed by atoms with Crippen molar-refractivity contribution in [1.82, 2.24) is 4.90 Å². The zero-order valence-corrected chi connectivity index (χ0v) is 14.7. The van der Waals surface area contributed by atoms with E-state index in [-0.39, 0.29) is 0 Å². The molecule has 120 valence electrons. The fourth-order valence-electron chi connectivity index (χ4n) is 2.05. The zero-order valence-electron chi connectivity index (χ0n) is 13.9. The average molecular weight is 322 g/mol. The molecule has 0 spiro atoms. The van der Waals surface area contributed by atoms with E-state index in [1.807, 2.05) is 0 Å². The van der Waals surface area contributed by atoms with Gasteiger partial charge in [-0.05, 0) is 71.4 Å². The molecule has 0 aromatic heterocycles. The van der Waals surface area contributed by atoms with Crippen LogP contribution in [-0.4, -0.2) is 44.5 Å². The lowest BCUT2D eigenvalue weighted by Crippen LogP contribution is -2.27. The Balaban J connectivity index is 0.000000335. The van der Waals surface area contributed by atoms with Gasteiger partial charge in [-0.3, -0.25) is 4.79 Å². The van der Waals surface area contributed by atoms with Gasteiger partial charge in [0.15, 0.2) is 0 Å². The molecule has 0 N–H and O–H groups in total. The maximum absolute atomic E-state index is 11.7. The summed E-state index contributed by atoms with van der Waals surface area (Å²) in [6.07, 6.45) is 2.83. The molecule has 22 heavy (non-hydrogen) atoms. The summed E-state index contributed by atoms with van der Waals surface area (Å²) in [6, 6.07) is 6.83. The van der Waals surface area contributed by atoms with Crippen molar-refractivity contribution in [3.8, 4) is 0 Å². The van der Waals surface area contributed by atoms with Gasteiger partial charge >= 0.3 is 5.97 Å². The highest BCUT2D eigenvalue weighted by Gasteiger charge is 2.22. The Morgan fingerprint density at radius 2 is 1.73 bits per heavy atom. The molecular weight excluding hydrogens is 296 g/mol. The van der Waals surface area contributed by atoms with E-state index in [2.05, 4.69) is 11.9 Å². The molecule has 2 rings (SSSR count). The van der Waals surface area contributed by atoms with Gasteiger partial charge in [-0.15, -0.1) is 0 Å². The number of esters is 1. The van der Waals surface area contributed by atoms with Gasteiger partial charge in [0.2, 0.25) is 0 Å². The highest BCUT2D eigenvalue weighted by Crippen LogP contribution is 2.19. The van der Waals surface area contributed by atoms with E-state index >= 15 is 0 Å². The van der Waals surface area contributed by atoms with Crippen molar-refractivity contribution < 1.29 is 9.53 Å². The van der Waals surface area contributed by atoms with Crippen molar-refractivity contribution in [2.45, 2.75) is 45.0 Å². The summed E-state index contributed by atoms with van der Waals surface area (Å²) >= 11 is 5.75. The molecule has 1 aliphatic heterocycles. The highest BCUT2D eigenvalue weighted by atomic mass is 35.5. The summed E-state index contributed by atoms with van der Waals surface area (Å²) < 4.78 is 5.19. The molecule has 0 aliphatic carbocycles. The molecule has 3 nitrogen and oxygen atoms in total. The number of halogens is 1. The van der Waals surface area contributed by atoms with Crippen LogP contribution in [0, 0.1) is 0 Å². The maximum atomic E-state index is 11.7. The second-order valence-electron chi connectivity index (χ2n) is 6.57. The van der Waals surface area contributed by atoms with Crippen molar-refractivity contribution in [1.29, 1.82) is 0 Å². The third-order valence-corrected chi connectivity index (χ3v) is 3.47.